The van der Waals surface area contributed by atoms with Crippen LogP contribution in [0.2, 0.25) is 0 Å². The number of aromatic carboxylic acids is 1. The predicted octanol–water partition coefficient (Wildman–Crippen LogP) is 2.03. The molecule has 2 heterocycles. The van der Waals surface area contributed by atoms with Gasteiger partial charge in [0.2, 0.25) is 0 Å². The number of aromatic nitrogens is 3. The van der Waals surface area contributed by atoms with Crippen LogP contribution in [0.5, 0.6) is 5.75 Å². The lowest BCUT2D eigenvalue weighted by Crippen LogP contribution is -2.02. The van der Waals surface area contributed by atoms with Crippen molar-refractivity contribution < 1.29 is 14.6 Å². The number of carboxylic acids is 1. The number of hydrogen-bond acceptors (Lipinski definition) is 4. The van der Waals surface area contributed by atoms with Gasteiger partial charge in [-0.2, -0.15) is 0 Å². The van der Waals surface area contributed by atoms with E-state index in [4.69, 9.17) is 9.84 Å². The highest BCUT2D eigenvalue weighted by atomic mass is 16.5. The SMILES string of the molecule is COc1ccccc1Cc1nnc2ccc(C(=O)O)cn12. The first-order chi connectivity index (χ1) is 10.2. The van der Waals surface area contributed by atoms with Gasteiger partial charge in [-0.1, -0.05) is 18.2 Å². The van der Waals surface area contributed by atoms with Crippen LogP contribution in [-0.4, -0.2) is 32.8 Å². The molecule has 3 aromatic rings. The Hall–Kier alpha value is -2.89. The fraction of sp³-hybridized carbons (Fsp3) is 0.133. The van der Waals surface area contributed by atoms with E-state index in [0.717, 1.165) is 11.3 Å². The monoisotopic (exact) mass is 283 g/mol. The van der Waals surface area contributed by atoms with E-state index in [-0.39, 0.29) is 5.56 Å². The van der Waals surface area contributed by atoms with E-state index >= 15 is 0 Å². The summed E-state index contributed by atoms with van der Waals surface area (Å²) in [5.74, 6) is 0.454. The summed E-state index contributed by atoms with van der Waals surface area (Å²) in [5.41, 5.74) is 1.78. The van der Waals surface area contributed by atoms with Crippen LogP contribution >= 0.6 is 0 Å². The van der Waals surface area contributed by atoms with Gasteiger partial charge in [-0.05, 0) is 18.2 Å². The van der Waals surface area contributed by atoms with Crippen molar-refractivity contribution in [3.05, 3.63) is 59.5 Å². The lowest BCUT2D eigenvalue weighted by Gasteiger charge is -2.07. The van der Waals surface area contributed by atoms with Crippen molar-refractivity contribution in [2.75, 3.05) is 7.11 Å². The van der Waals surface area contributed by atoms with Crippen molar-refractivity contribution in [2.24, 2.45) is 0 Å². The molecule has 0 spiro atoms. The Morgan fingerprint density at radius 2 is 2.05 bits per heavy atom. The Kier molecular flexibility index (Phi) is 3.27. The van der Waals surface area contributed by atoms with Gasteiger partial charge in [0, 0.05) is 18.2 Å². The normalized spacial score (nSPS) is 10.7. The van der Waals surface area contributed by atoms with Crippen LogP contribution in [0.15, 0.2) is 42.6 Å². The molecule has 106 valence electrons. The fourth-order valence-electron chi connectivity index (χ4n) is 2.20. The van der Waals surface area contributed by atoms with E-state index in [2.05, 4.69) is 10.2 Å². The molecule has 6 nitrogen and oxygen atoms in total. The number of methoxy groups -OCH3 is 1. The van der Waals surface area contributed by atoms with E-state index < -0.39 is 5.97 Å². The van der Waals surface area contributed by atoms with Crippen LogP contribution in [-0.2, 0) is 6.42 Å². The first-order valence-electron chi connectivity index (χ1n) is 6.38. The van der Waals surface area contributed by atoms with Gasteiger partial charge >= 0.3 is 5.97 Å². The highest BCUT2D eigenvalue weighted by Crippen LogP contribution is 2.20. The number of pyridine rings is 1. The molecule has 0 saturated carbocycles. The van der Waals surface area contributed by atoms with E-state index in [1.807, 2.05) is 24.3 Å². The van der Waals surface area contributed by atoms with Crippen LogP contribution in [0.25, 0.3) is 5.65 Å². The molecule has 0 aliphatic carbocycles. The number of fused-ring (bicyclic) bond motifs is 1. The maximum Gasteiger partial charge on any atom is 0.337 e. The number of nitrogens with zero attached hydrogens (tertiary/aromatic N) is 3. The van der Waals surface area contributed by atoms with Gasteiger partial charge in [0.25, 0.3) is 0 Å². The molecule has 0 bridgehead atoms. The molecule has 3 rings (SSSR count). The second kappa shape index (κ2) is 5.24. The summed E-state index contributed by atoms with van der Waals surface area (Å²) >= 11 is 0. The minimum absolute atomic E-state index is 0.198. The summed E-state index contributed by atoms with van der Waals surface area (Å²) in [6.45, 7) is 0. The predicted molar refractivity (Wildman–Crippen MR) is 75.7 cm³/mol. The third kappa shape index (κ3) is 2.43. The van der Waals surface area contributed by atoms with Gasteiger partial charge < -0.3 is 9.84 Å². The second-order valence-electron chi connectivity index (χ2n) is 4.56. The average Bonchev–Trinajstić information content (AvgIpc) is 2.90. The maximum absolute atomic E-state index is 11.1. The Morgan fingerprint density at radius 1 is 1.24 bits per heavy atom. The Balaban J connectivity index is 2.04. The van der Waals surface area contributed by atoms with Gasteiger partial charge in [-0.25, -0.2) is 4.79 Å². The Morgan fingerprint density at radius 3 is 2.81 bits per heavy atom. The Bertz CT molecular complexity index is 811. The quantitative estimate of drug-likeness (QED) is 0.792. The van der Waals surface area contributed by atoms with Gasteiger partial charge in [0.1, 0.15) is 11.6 Å². The van der Waals surface area contributed by atoms with Crippen LogP contribution in [0, 0.1) is 0 Å². The van der Waals surface area contributed by atoms with Gasteiger partial charge in [0.05, 0.1) is 12.7 Å². The molecule has 2 aromatic heterocycles. The smallest absolute Gasteiger partial charge is 0.337 e. The molecule has 0 atom stereocenters. The van der Waals surface area contributed by atoms with Gasteiger partial charge in [-0.15, -0.1) is 10.2 Å². The molecule has 0 amide bonds. The molecule has 21 heavy (non-hydrogen) atoms. The van der Waals surface area contributed by atoms with Gasteiger partial charge in [-0.3, -0.25) is 4.40 Å². The van der Waals surface area contributed by atoms with Crippen LogP contribution in [0.4, 0.5) is 0 Å². The fourth-order valence-corrected chi connectivity index (χ4v) is 2.20. The number of hydrogen-bond donors (Lipinski definition) is 1. The molecule has 0 fully saturated rings. The highest BCUT2D eigenvalue weighted by Gasteiger charge is 2.11. The lowest BCUT2D eigenvalue weighted by molar-refractivity contribution is 0.0696. The standard InChI is InChI=1S/C15H13N3O3/c1-21-12-5-3-2-4-10(12)8-14-17-16-13-7-6-11(15(19)20)9-18(13)14/h2-7,9H,8H2,1H3,(H,19,20). The van der Waals surface area contributed by atoms with E-state index in [9.17, 15) is 4.79 Å². The molecule has 0 unspecified atom stereocenters. The number of rotatable bonds is 4. The molecule has 6 heteroatoms. The topological polar surface area (TPSA) is 76.7 Å². The van der Waals surface area contributed by atoms with Crippen LogP contribution < -0.4 is 4.74 Å². The summed E-state index contributed by atoms with van der Waals surface area (Å²) in [5, 5.41) is 17.3. The molecule has 0 radical (unpaired) electrons. The Labute approximate surface area is 120 Å². The van der Waals surface area contributed by atoms with Crippen molar-refractivity contribution in [3.8, 4) is 5.75 Å². The van der Waals surface area contributed by atoms with Crippen molar-refractivity contribution in [1.82, 2.24) is 14.6 Å². The summed E-state index contributed by atoms with van der Waals surface area (Å²) < 4.78 is 7.01. The van der Waals surface area contributed by atoms with E-state index in [0.29, 0.717) is 17.9 Å². The molecular weight excluding hydrogens is 270 g/mol. The summed E-state index contributed by atoms with van der Waals surface area (Å²) in [4.78, 5) is 11.1. The highest BCUT2D eigenvalue weighted by molar-refractivity contribution is 5.87. The minimum atomic E-state index is -0.978. The third-order valence-electron chi connectivity index (χ3n) is 3.26. The van der Waals surface area contributed by atoms with Gasteiger partial charge in [0.15, 0.2) is 5.65 Å². The second-order valence-corrected chi connectivity index (χ2v) is 4.56. The minimum Gasteiger partial charge on any atom is -0.496 e. The molecule has 0 aliphatic heterocycles. The van der Waals surface area contributed by atoms with Crippen molar-refractivity contribution >= 4 is 11.6 Å². The first kappa shape index (κ1) is 13.1. The van der Waals surface area contributed by atoms with E-state index in [1.165, 1.54) is 12.3 Å². The number of ether oxygens (including phenoxy) is 1. The molecular formula is C15H13N3O3. The van der Waals surface area contributed by atoms with Crippen LogP contribution in [0.1, 0.15) is 21.7 Å². The van der Waals surface area contributed by atoms with Crippen molar-refractivity contribution in [2.45, 2.75) is 6.42 Å². The zero-order valence-corrected chi connectivity index (χ0v) is 11.4. The van der Waals surface area contributed by atoms with Crippen molar-refractivity contribution in [3.63, 3.8) is 0 Å². The molecule has 1 aromatic carbocycles. The zero-order valence-electron chi connectivity index (χ0n) is 11.4. The number of benzene rings is 1. The van der Waals surface area contributed by atoms with E-state index in [1.54, 1.807) is 17.6 Å². The lowest BCUT2D eigenvalue weighted by atomic mass is 10.1. The van der Waals surface area contributed by atoms with Crippen LogP contribution in [0.3, 0.4) is 0 Å². The zero-order chi connectivity index (χ0) is 14.8. The first-order valence-corrected chi connectivity index (χ1v) is 6.38. The van der Waals surface area contributed by atoms with Crippen molar-refractivity contribution in [1.29, 1.82) is 0 Å². The molecule has 1 N–H and O–H groups in total. The summed E-state index contributed by atoms with van der Waals surface area (Å²) in [6.07, 6.45) is 2.04. The maximum atomic E-state index is 11.1. The summed E-state index contributed by atoms with van der Waals surface area (Å²) in [7, 11) is 1.61. The largest absolute Gasteiger partial charge is 0.496 e. The number of para-hydroxylation sites is 1. The summed E-state index contributed by atoms with van der Waals surface area (Å²) in [6, 6.07) is 10.8. The number of carboxylic acid groups (broad SMARTS) is 1. The third-order valence-corrected chi connectivity index (χ3v) is 3.26. The molecule has 0 saturated heterocycles. The molecule has 0 aliphatic rings. The number of carbonyl (C=O) groups is 1. The average molecular weight is 283 g/mol.